The Bertz CT molecular complexity index is 869. The minimum absolute atomic E-state index is 0.594. The summed E-state index contributed by atoms with van der Waals surface area (Å²) < 4.78 is 10.8. The van der Waals surface area contributed by atoms with Gasteiger partial charge in [0.05, 0.1) is 19.7 Å². The molecule has 1 aromatic heterocycles. The van der Waals surface area contributed by atoms with E-state index in [2.05, 4.69) is 32.7 Å². The van der Waals surface area contributed by atoms with Gasteiger partial charge in [0.25, 0.3) is 0 Å². The molecule has 0 radical (unpaired) electrons. The first kappa shape index (κ1) is 17.8. The Labute approximate surface area is 153 Å². The maximum Gasteiger partial charge on any atom is 0.225 e. The van der Waals surface area contributed by atoms with Gasteiger partial charge in [-0.05, 0) is 25.0 Å². The van der Waals surface area contributed by atoms with E-state index < -0.39 is 0 Å². The average molecular weight is 352 g/mol. The molecule has 0 aliphatic rings. The first-order valence-electron chi connectivity index (χ1n) is 8.70. The average Bonchev–Trinajstić information content (AvgIpc) is 2.68. The van der Waals surface area contributed by atoms with Crippen LogP contribution in [0.5, 0.6) is 11.5 Å². The van der Waals surface area contributed by atoms with Crippen LogP contribution >= 0.6 is 0 Å². The third kappa shape index (κ3) is 3.96. The molecule has 6 heteroatoms. The van der Waals surface area contributed by atoms with Crippen molar-refractivity contribution in [3.8, 4) is 11.5 Å². The maximum absolute atomic E-state index is 5.40. The highest BCUT2D eigenvalue weighted by molar-refractivity contribution is 5.92. The van der Waals surface area contributed by atoms with Crippen molar-refractivity contribution < 1.29 is 9.47 Å². The molecule has 0 bridgehead atoms. The van der Waals surface area contributed by atoms with Crippen molar-refractivity contribution >= 4 is 22.7 Å². The van der Waals surface area contributed by atoms with Gasteiger partial charge < -0.3 is 20.1 Å². The molecule has 2 N–H and O–H groups in total. The van der Waals surface area contributed by atoms with Gasteiger partial charge in [0.2, 0.25) is 5.95 Å². The molecule has 6 nitrogen and oxygen atoms in total. The van der Waals surface area contributed by atoms with Gasteiger partial charge >= 0.3 is 0 Å². The van der Waals surface area contributed by atoms with E-state index in [9.17, 15) is 0 Å². The molecule has 26 heavy (non-hydrogen) atoms. The maximum atomic E-state index is 5.40. The molecule has 0 spiro atoms. The Morgan fingerprint density at radius 3 is 2.35 bits per heavy atom. The number of ether oxygens (including phenoxy) is 2. The molecule has 2 aromatic carbocycles. The number of hydrogen-bond acceptors (Lipinski definition) is 6. The summed E-state index contributed by atoms with van der Waals surface area (Å²) in [7, 11) is 3.24. The van der Waals surface area contributed by atoms with Crippen molar-refractivity contribution in [2.45, 2.75) is 13.3 Å². The Kier molecular flexibility index (Phi) is 5.73. The Morgan fingerprint density at radius 1 is 0.923 bits per heavy atom. The summed E-state index contributed by atoms with van der Waals surface area (Å²) >= 11 is 0. The van der Waals surface area contributed by atoms with Crippen molar-refractivity contribution in [3.63, 3.8) is 0 Å². The number of benzene rings is 2. The van der Waals surface area contributed by atoms with Gasteiger partial charge in [-0.2, -0.15) is 4.98 Å². The highest BCUT2D eigenvalue weighted by Gasteiger charge is 2.13. The number of nitrogens with zero attached hydrogens (tertiary/aromatic N) is 2. The van der Waals surface area contributed by atoms with Crippen LogP contribution < -0.4 is 20.1 Å². The van der Waals surface area contributed by atoms with Crippen LogP contribution in [0.25, 0.3) is 10.9 Å². The number of methoxy groups -OCH3 is 2. The van der Waals surface area contributed by atoms with Gasteiger partial charge in [0, 0.05) is 24.5 Å². The fourth-order valence-electron chi connectivity index (χ4n) is 2.80. The van der Waals surface area contributed by atoms with Crippen LogP contribution in [-0.2, 0) is 6.42 Å². The third-order valence-corrected chi connectivity index (χ3v) is 4.08. The highest BCUT2D eigenvalue weighted by atomic mass is 16.5. The fourth-order valence-corrected chi connectivity index (χ4v) is 2.80. The van der Waals surface area contributed by atoms with Gasteiger partial charge in [0.1, 0.15) is 5.82 Å². The first-order chi connectivity index (χ1) is 12.7. The minimum Gasteiger partial charge on any atom is -0.493 e. The van der Waals surface area contributed by atoms with Crippen LogP contribution in [0.15, 0.2) is 42.5 Å². The summed E-state index contributed by atoms with van der Waals surface area (Å²) in [6, 6.07) is 14.1. The van der Waals surface area contributed by atoms with Gasteiger partial charge in [-0.25, -0.2) is 4.98 Å². The molecule has 3 aromatic rings. The second-order valence-corrected chi connectivity index (χ2v) is 5.81. The third-order valence-electron chi connectivity index (χ3n) is 4.08. The van der Waals surface area contributed by atoms with Crippen molar-refractivity contribution in [1.82, 2.24) is 9.97 Å². The Balaban J connectivity index is 1.88. The summed E-state index contributed by atoms with van der Waals surface area (Å²) in [5.74, 6) is 2.68. The molecule has 136 valence electrons. The zero-order valence-corrected chi connectivity index (χ0v) is 15.4. The van der Waals surface area contributed by atoms with E-state index in [0.29, 0.717) is 17.4 Å². The van der Waals surface area contributed by atoms with Crippen LogP contribution in [-0.4, -0.2) is 37.3 Å². The van der Waals surface area contributed by atoms with E-state index in [-0.39, 0.29) is 0 Å². The van der Waals surface area contributed by atoms with Crippen molar-refractivity contribution in [3.05, 3.63) is 48.0 Å². The smallest absolute Gasteiger partial charge is 0.225 e. The summed E-state index contributed by atoms with van der Waals surface area (Å²) in [6.07, 6.45) is 0.907. The van der Waals surface area contributed by atoms with Gasteiger partial charge in [0.15, 0.2) is 11.5 Å². The molecular formula is C20H24N4O2. The molecule has 0 amide bonds. The molecule has 0 unspecified atom stereocenters. The van der Waals surface area contributed by atoms with Crippen LogP contribution in [0.4, 0.5) is 11.8 Å². The lowest BCUT2D eigenvalue weighted by Gasteiger charge is -2.14. The zero-order valence-electron chi connectivity index (χ0n) is 15.4. The molecular weight excluding hydrogens is 328 g/mol. The van der Waals surface area contributed by atoms with Crippen LogP contribution in [0.3, 0.4) is 0 Å². The molecule has 0 aliphatic carbocycles. The number of rotatable bonds is 8. The highest BCUT2D eigenvalue weighted by Crippen LogP contribution is 2.34. The normalized spacial score (nSPS) is 10.6. The number of anilines is 2. The molecule has 0 atom stereocenters. The largest absolute Gasteiger partial charge is 0.493 e. The van der Waals surface area contributed by atoms with E-state index in [0.717, 1.165) is 36.2 Å². The van der Waals surface area contributed by atoms with Crippen molar-refractivity contribution in [1.29, 1.82) is 0 Å². The first-order valence-corrected chi connectivity index (χ1v) is 8.70. The summed E-state index contributed by atoms with van der Waals surface area (Å²) in [5.41, 5.74) is 2.08. The number of fused-ring (bicyclic) bond motifs is 1. The fraction of sp³-hybridized carbons (Fsp3) is 0.300. The topological polar surface area (TPSA) is 68.3 Å². The predicted octanol–water partition coefficient (Wildman–Crippen LogP) is 3.73. The van der Waals surface area contributed by atoms with Crippen LogP contribution in [0.1, 0.15) is 12.5 Å². The standard InChI is InChI=1S/C20H24N4O2/c1-4-21-19-15-12-17(25-2)18(26-3)13-16(15)23-20(24-19)22-11-10-14-8-6-5-7-9-14/h5-9,12-13H,4,10-11H2,1-3H3,(H2,21,22,23,24). The lowest BCUT2D eigenvalue weighted by molar-refractivity contribution is 0.356. The summed E-state index contributed by atoms with van der Waals surface area (Å²) in [6.45, 7) is 3.56. The Hall–Kier alpha value is -3.02. The van der Waals surface area contributed by atoms with E-state index in [4.69, 9.17) is 9.47 Å². The quantitative estimate of drug-likeness (QED) is 0.644. The predicted molar refractivity (Wildman–Crippen MR) is 105 cm³/mol. The van der Waals surface area contributed by atoms with E-state index in [1.165, 1.54) is 5.56 Å². The van der Waals surface area contributed by atoms with Gasteiger partial charge in [-0.15, -0.1) is 0 Å². The van der Waals surface area contributed by atoms with E-state index in [1.807, 2.05) is 37.3 Å². The minimum atomic E-state index is 0.594. The number of hydrogen-bond donors (Lipinski definition) is 2. The molecule has 0 saturated carbocycles. The van der Waals surface area contributed by atoms with Gasteiger partial charge in [-0.1, -0.05) is 30.3 Å². The van der Waals surface area contributed by atoms with Gasteiger partial charge in [-0.3, -0.25) is 0 Å². The lowest BCUT2D eigenvalue weighted by Crippen LogP contribution is -2.10. The molecule has 0 aliphatic heterocycles. The van der Waals surface area contributed by atoms with Crippen LogP contribution in [0, 0.1) is 0 Å². The number of aromatic nitrogens is 2. The second kappa shape index (κ2) is 8.38. The summed E-state index contributed by atoms with van der Waals surface area (Å²) in [5, 5.41) is 7.52. The van der Waals surface area contributed by atoms with Crippen molar-refractivity contribution in [2.24, 2.45) is 0 Å². The van der Waals surface area contributed by atoms with E-state index in [1.54, 1.807) is 14.2 Å². The zero-order chi connectivity index (χ0) is 18.4. The van der Waals surface area contributed by atoms with Crippen molar-refractivity contribution in [2.75, 3.05) is 37.9 Å². The molecule has 3 rings (SSSR count). The van der Waals surface area contributed by atoms with Crippen LogP contribution in [0.2, 0.25) is 0 Å². The SMILES string of the molecule is CCNc1nc(NCCc2ccccc2)nc2cc(OC)c(OC)cc12. The summed E-state index contributed by atoms with van der Waals surface area (Å²) in [4.78, 5) is 9.26. The monoisotopic (exact) mass is 352 g/mol. The lowest BCUT2D eigenvalue weighted by atomic mass is 10.1. The molecule has 1 heterocycles. The molecule has 0 fully saturated rings. The number of nitrogens with one attached hydrogen (secondary N) is 2. The van der Waals surface area contributed by atoms with E-state index >= 15 is 0 Å². The second-order valence-electron chi connectivity index (χ2n) is 5.81. The molecule has 0 saturated heterocycles. The Morgan fingerprint density at radius 2 is 1.65 bits per heavy atom.